The number of rotatable bonds is 3. The Labute approximate surface area is 128 Å². The van der Waals surface area contributed by atoms with E-state index in [2.05, 4.69) is 31.9 Å². The Morgan fingerprint density at radius 3 is 2.05 bits per heavy atom. The monoisotopic (exact) mass is 380 g/mol. The fourth-order valence-electron chi connectivity index (χ4n) is 1.58. The summed E-state index contributed by atoms with van der Waals surface area (Å²) in [6.45, 7) is 0. The Hall–Kier alpha value is -1.39. The van der Waals surface area contributed by atoms with E-state index in [1.807, 2.05) is 12.1 Å². The fourth-order valence-corrected chi connectivity index (χ4v) is 2.38. The van der Waals surface area contributed by atoms with E-state index in [0.29, 0.717) is 11.1 Å². The maximum Gasteiger partial charge on any atom is 0.189 e. The summed E-state index contributed by atoms with van der Waals surface area (Å²) in [6.07, 6.45) is 1.23. The highest BCUT2D eigenvalue weighted by Crippen LogP contribution is 2.19. The number of benzene rings is 2. The number of hydrogen-bond donors (Lipinski definition) is 1. The minimum atomic E-state index is -0.237. The molecule has 0 saturated heterocycles. The van der Waals surface area contributed by atoms with E-state index < -0.39 is 0 Å². The molecule has 0 atom stereocenters. The van der Waals surface area contributed by atoms with Crippen molar-refractivity contribution in [3.05, 3.63) is 74.7 Å². The minimum Gasteiger partial charge on any atom is -0.507 e. The lowest BCUT2D eigenvalue weighted by atomic mass is 10.1. The first-order valence-electron chi connectivity index (χ1n) is 5.53. The van der Waals surface area contributed by atoms with Crippen LogP contribution in [0.3, 0.4) is 0 Å². The Balaban J connectivity index is 2.28. The van der Waals surface area contributed by atoms with Gasteiger partial charge in [0, 0.05) is 26.1 Å². The summed E-state index contributed by atoms with van der Waals surface area (Å²) < 4.78 is 1.67. The van der Waals surface area contributed by atoms with Crippen LogP contribution in [0.15, 0.2) is 63.6 Å². The third-order valence-corrected chi connectivity index (χ3v) is 3.48. The normalized spacial score (nSPS) is 11.4. The molecule has 0 amide bonds. The molecule has 96 valence electrons. The van der Waals surface area contributed by atoms with Crippen LogP contribution in [0.25, 0.3) is 5.76 Å². The molecule has 2 rings (SSSR count). The molecule has 0 unspecified atom stereocenters. The van der Waals surface area contributed by atoms with Crippen molar-refractivity contribution in [3.63, 3.8) is 0 Å². The maximum atomic E-state index is 12.0. The third-order valence-electron chi connectivity index (χ3n) is 2.50. The second kappa shape index (κ2) is 6.17. The molecule has 0 heterocycles. The molecule has 19 heavy (non-hydrogen) atoms. The van der Waals surface area contributed by atoms with Gasteiger partial charge in [0.15, 0.2) is 5.78 Å². The molecule has 0 radical (unpaired) electrons. The molecule has 2 aromatic rings. The first-order valence-corrected chi connectivity index (χ1v) is 7.11. The number of ketones is 1. The lowest BCUT2D eigenvalue weighted by Gasteiger charge is -2.01. The van der Waals surface area contributed by atoms with E-state index in [0.717, 1.165) is 8.95 Å². The number of aliphatic hydroxyl groups excluding tert-OH is 1. The van der Waals surface area contributed by atoms with Gasteiger partial charge in [0.1, 0.15) is 5.76 Å². The summed E-state index contributed by atoms with van der Waals surface area (Å²) in [5, 5.41) is 9.95. The van der Waals surface area contributed by atoms with E-state index in [-0.39, 0.29) is 11.5 Å². The Kier molecular flexibility index (Phi) is 4.56. The van der Waals surface area contributed by atoms with Gasteiger partial charge in [0.25, 0.3) is 0 Å². The number of hydrogen-bond acceptors (Lipinski definition) is 2. The molecule has 4 heteroatoms. The lowest BCUT2D eigenvalue weighted by molar-refractivity contribution is 0.104. The van der Waals surface area contributed by atoms with Crippen molar-refractivity contribution in [3.8, 4) is 0 Å². The zero-order valence-electron chi connectivity index (χ0n) is 9.81. The maximum absolute atomic E-state index is 12.0. The van der Waals surface area contributed by atoms with Gasteiger partial charge < -0.3 is 5.11 Å². The smallest absolute Gasteiger partial charge is 0.189 e. The minimum absolute atomic E-state index is 0.0497. The van der Waals surface area contributed by atoms with Crippen LogP contribution in [0.2, 0.25) is 0 Å². The van der Waals surface area contributed by atoms with Crippen LogP contribution < -0.4 is 0 Å². The van der Waals surface area contributed by atoms with Gasteiger partial charge in [-0.1, -0.05) is 56.1 Å². The van der Waals surface area contributed by atoms with Crippen LogP contribution in [-0.2, 0) is 0 Å². The summed E-state index contributed by atoms with van der Waals surface area (Å²) in [7, 11) is 0. The zero-order chi connectivity index (χ0) is 13.8. The molecule has 2 aromatic carbocycles. The Morgan fingerprint density at radius 1 is 0.947 bits per heavy atom. The van der Waals surface area contributed by atoms with E-state index in [1.54, 1.807) is 36.4 Å². The van der Waals surface area contributed by atoms with Crippen LogP contribution in [0.1, 0.15) is 15.9 Å². The van der Waals surface area contributed by atoms with Crippen LogP contribution in [-0.4, -0.2) is 10.9 Å². The molecule has 0 aromatic heterocycles. The van der Waals surface area contributed by atoms with Crippen molar-refractivity contribution < 1.29 is 9.90 Å². The molecule has 0 bridgehead atoms. The molecular formula is C15H10Br2O2. The number of carbonyl (C=O) groups excluding carboxylic acids is 1. The van der Waals surface area contributed by atoms with Crippen molar-refractivity contribution in [1.29, 1.82) is 0 Å². The van der Waals surface area contributed by atoms with E-state index in [4.69, 9.17) is 0 Å². The predicted octanol–water partition coefficient (Wildman–Crippen LogP) is 4.99. The summed E-state index contributed by atoms with van der Waals surface area (Å²) >= 11 is 6.63. The summed E-state index contributed by atoms with van der Waals surface area (Å²) in [6, 6.07) is 14.2. The molecule has 0 aliphatic rings. The van der Waals surface area contributed by atoms with Crippen LogP contribution in [0.4, 0.5) is 0 Å². The molecule has 1 N–H and O–H groups in total. The van der Waals surface area contributed by atoms with E-state index in [9.17, 15) is 9.90 Å². The molecule has 0 spiro atoms. The van der Waals surface area contributed by atoms with Crippen molar-refractivity contribution in [1.82, 2.24) is 0 Å². The highest BCUT2D eigenvalue weighted by atomic mass is 79.9. The van der Waals surface area contributed by atoms with E-state index >= 15 is 0 Å². The summed E-state index contributed by atoms with van der Waals surface area (Å²) in [4.78, 5) is 12.0. The average Bonchev–Trinajstić information content (AvgIpc) is 2.38. The third kappa shape index (κ3) is 3.78. The molecule has 0 fully saturated rings. The topological polar surface area (TPSA) is 37.3 Å². The molecule has 0 aliphatic carbocycles. The second-order valence-corrected chi connectivity index (χ2v) is 5.75. The molecular weight excluding hydrogens is 372 g/mol. The van der Waals surface area contributed by atoms with Gasteiger partial charge in [-0.05, 0) is 24.3 Å². The van der Waals surface area contributed by atoms with Gasteiger partial charge in [-0.15, -0.1) is 0 Å². The van der Waals surface area contributed by atoms with Gasteiger partial charge in [-0.2, -0.15) is 0 Å². The van der Waals surface area contributed by atoms with Crippen molar-refractivity contribution in [2.24, 2.45) is 0 Å². The summed E-state index contributed by atoms with van der Waals surface area (Å²) in [5.41, 5.74) is 1.12. The largest absolute Gasteiger partial charge is 0.507 e. The molecule has 0 aliphatic heterocycles. The first-order chi connectivity index (χ1) is 9.06. The number of halogens is 2. The average molecular weight is 382 g/mol. The highest BCUT2D eigenvalue weighted by molar-refractivity contribution is 9.10. The Bertz CT molecular complexity index is 648. The zero-order valence-corrected chi connectivity index (χ0v) is 13.0. The van der Waals surface area contributed by atoms with Crippen LogP contribution >= 0.6 is 31.9 Å². The number of carbonyl (C=O) groups is 1. The highest BCUT2D eigenvalue weighted by Gasteiger charge is 2.06. The van der Waals surface area contributed by atoms with Gasteiger partial charge in [-0.3, -0.25) is 4.79 Å². The molecule has 0 saturated carbocycles. The summed E-state index contributed by atoms with van der Waals surface area (Å²) in [5.74, 6) is -0.287. The quantitative estimate of drug-likeness (QED) is 0.461. The lowest BCUT2D eigenvalue weighted by Crippen LogP contribution is -1.96. The standard InChI is InChI=1S/C15H10Br2O2/c16-12-5-1-3-10(7-12)14(18)9-15(19)11-4-2-6-13(17)8-11/h1-9,18H. The first kappa shape index (κ1) is 14.0. The van der Waals surface area contributed by atoms with Gasteiger partial charge in [-0.25, -0.2) is 0 Å². The van der Waals surface area contributed by atoms with Crippen molar-refractivity contribution in [2.75, 3.05) is 0 Å². The molecule has 2 nitrogen and oxygen atoms in total. The van der Waals surface area contributed by atoms with Crippen LogP contribution in [0.5, 0.6) is 0 Å². The van der Waals surface area contributed by atoms with Crippen molar-refractivity contribution >= 4 is 43.4 Å². The van der Waals surface area contributed by atoms with Crippen molar-refractivity contribution in [2.45, 2.75) is 0 Å². The SMILES string of the molecule is O=C(C=C(O)c1cccc(Br)c1)c1cccc(Br)c1. The van der Waals surface area contributed by atoms with Crippen LogP contribution in [0, 0.1) is 0 Å². The van der Waals surface area contributed by atoms with Gasteiger partial charge in [0.2, 0.25) is 0 Å². The second-order valence-electron chi connectivity index (χ2n) is 3.91. The predicted molar refractivity (Wildman–Crippen MR) is 83.2 cm³/mol. The number of allylic oxidation sites excluding steroid dienone is 1. The number of aliphatic hydroxyl groups is 1. The Morgan fingerprint density at radius 2 is 1.47 bits per heavy atom. The van der Waals surface area contributed by atoms with Gasteiger partial charge in [0.05, 0.1) is 0 Å². The van der Waals surface area contributed by atoms with E-state index in [1.165, 1.54) is 6.08 Å². The van der Waals surface area contributed by atoms with Gasteiger partial charge >= 0.3 is 0 Å². The fraction of sp³-hybridized carbons (Fsp3) is 0.